The summed E-state index contributed by atoms with van der Waals surface area (Å²) in [5, 5.41) is 9.19. The van der Waals surface area contributed by atoms with E-state index in [2.05, 4.69) is 56.9 Å². The predicted molar refractivity (Wildman–Crippen MR) is 95.3 cm³/mol. The maximum atomic E-state index is 5.97. The molecule has 1 aromatic carbocycles. The Balaban J connectivity index is 1.43. The average Bonchev–Trinajstić information content (AvgIpc) is 3.55. The van der Waals surface area contributed by atoms with Crippen LogP contribution in [-0.4, -0.2) is 38.9 Å². The van der Waals surface area contributed by atoms with Crippen LogP contribution >= 0.6 is 0 Å². The lowest BCUT2D eigenvalue weighted by atomic mass is 10.0. The van der Waals surface area contributed by atoms with Crippen LogP contribution in [0.4, 0.5) is 0 Å². The van der Waals surface area contributed by atoms with Crippen molar-refractivity contribution in [2.45, 2.75) is 63.3 Å². The van der Waals surface area contributed by atoms with Gasteiger partial charge in [0, 0.05) is 18.5 Å². The summed E-state index contributed by atoms with van der Waals surface area (Å²) in [6, 6.07) is 11.7. The third kappa shape index (κ3) is 3.11. The highest BCUT2D eigenvalue weighted by Crippen LogP contribution is 2.45. The Hall–Kier alpha value is -1.72. The molecule has 0 spiro atoms. The zero-order valence-electron chi connectivity index (χ0n) is 14.8. The van der Waals surface area contributed by atoms with Gasteiger partial charge in [0.05, 0.1) is 25.3 Å². The van der Waals surface area contributed by atoms with Crippen molar-refractivity contribution in [1.29, 1.82) is 0 Å². The molecule has 132 valence electrons. The fourth-order valence-electron chi connectivity index (χ4n) is 4.01. The van der Waals surface area contributed by atoms with Gasteiger partial charge >= 0.3 is 0 Å². The van der Waals surface area contributed by atoms with Crippen molar-refractivity contribution in [3.63, 3.8) is 0 Å². The monoisotopic (exact) mass is 338 g/mol. The van der Waals surface area contributed by atoms with E-state index in [0.29, 0.717) is 18.0 Å². The Bertz CT molecular complexity index is 735. The highest BCUT2D eigenvalue weighted by molar-refractivity contribution is 5.20. The second kappa shape index (κ2) is 6.22. The molecule has 1 saturated heterocycles. The van der Waals surface area contributed by atoms with Gasteiger partial charge in [-0.1, -0.05) is 30.3 Å². The minimum atomic E-state index is 0.264. The van der Waals surface area contributed by atoms with Gasteiger partial charge in [0.15, 0.2) is 0 Å². The van der Waals surface area contributed by atoms with Gasteiger partial charge in [0.25, 0.3) is 0 Å². The summed E-state index contributed by atoms with van der Waals surface area (Å²) in [6.45, 7) is 4.72. The summed E-state index contributed by atoms with van der Waals surface area (Å²) in [6.07, 6.45) is 5.40. The second-order valence-electron chi connectivity index (χ2n) is 7.85. The van der Waals surface area contributed by atoms with Crippen molar-refractivity contribution < 1.29 is 4.74 Å². The highest BCUT2D eigenvalue weighted by atomic mass is 16.5. The second-order valence-corrected chi connectivity index (χ2v) is 7.85. The van der Waals surface area contributed by atoms with E-state index in [0.717, 1.165) is 25.5 Å². The number of aromatic nitrogens is 3. The van der Waals surface area contributed by atoms with Crippen LogP contribution in [0.5, 0.6) is 0 Å². The van der Waals surface area contributed by atoms with E-state index in [1.54, 1.807) is 0 Å². The molecule has 0 bridgehead atoms. The Morgan fingerprint density at radius 2 is 1.88 bits per heavy atom. The largest absolute Gasteiger partial charge is 0.375 e. The molecule has 2 aliphatic carbocycles. The van der Waals surface area contributed by atoms with Gasteiger partial charge in [0.2, 0.25) is 0 Å². The first kappa shape index (κ1) is 15.5. The first-order valence-electron chi connectivity index (χ1n) is 9.64. The molecule has 5 nitrogen and oxygen atoms in total. The molecule has 2 saturated carbocycles. The molecule has 5 heteroatoms. The standard InChI is InChI=1S/C20H26N4O/c1-14-11-23(18(13-25-14)15-5-3-2-4-6-15)12-19-21-22-20(16-7-8-16)24(19)17-9-10-17/h2-6,14,16-18H,7-13H2,1H3/t14-,18+/m0/s1. The van der Waals surface area contributed by atoms with Crippen LogP contribution in [0.1, 0.15) is 67.8 Å². The smallest absolute Gasteiger partial charge is 0.147 e. The molecule has 3 fully saturated rings. The van der Waals surface area contributed by atoms with E-state index in [1.165, 1.54) is 37.1 Å². The van der Waals surface area contributed by atoms with Crippen LogP contribution < -0.4 is 0 Å². The van der Waals surface area contributed by atoms with Gasteiger partial charge in [-0.05, 0) is 38.2 Å². The van der Waals surface area contributed by atoms with Crippen molar-refractivity contribution >= 4 is 0 Å². The molecule has 5 rings (SSSR count). The fraction of sp³-hybridized carbons (Fsp3) is 0.600. The number of benzene rings is 1. The lowest BCUT2D eigenvalue weighted by Crippen LogP contribution is -2.43. The molecule has 0 amide bonds. The summed E-state index contributed by atoms with van der Waals surface area (Å²) < 4.78 is 8.44. The van der Waals surface area contributed by atoms with Crippen LogP contribution in [0.2, 0.25) is 0 Å². The molecule has 25 heavy (non-hydrogen) atoms. The van der Waals surface area contributed by atoms with Crippen molar-refractivity contribution in [2.24, 2.45) is 0 Å². The summed E-state index contributed by atoms with van der Waals surface area (Å²) in [7, 11) is 0. The quantitative estimate of drug-likeness (QED) is 0.837. The number of rotatable bonds is 5. The highest BCUT2D eigenvalue weighted by Gasteiger charge is 2.37. The SMILES string of the molecule is C[C@H]1CN(Cc2nnc(C3CC3)n2C2CC2)[C@@H](c2ccccc2)CO1. The van der Waals surface area contributed by atoms with E-state index in [-0.39, 0.29) is 6.10 Å². The van der Waals surface area contributed by atoms with E-state index in [1.807, 2.05) is 0 Å². The number of nitrogens with zero attached hydrogens (tertiary/aromatic N) is 4. The first-order valence-corrected chi connectivity index (χ1v) is 9.64. The lowest BCUT2D eigenvalue weighted by Gasteiger charge is -2.38. The molecule has 0 radical (unpaired) electrons. The minimum absolute atomic E-state index is 0.264. The van der Waals surface area contributed by atoms with Crippen LogP contribution in [0.3, 0.4) is 0 Å². The van der Waals surface area contributed by atoms with E-state index in [4.69, 9.17) is 4.74 Å². The topological polar surface area (TPSA) is 43.2 Å². The molecule has 2 atom stereocenters. The van der Waals surface area contributed by atoms with Gasteiger partial charge in [-0.25, -0.2) is 0 Å². The fourth-order valence-corrected chi connectivity index (χ4v) is 4.01. The van der Waals surface area contributed by atoms with Crippen LogP contribution in [-0.2, 0) is 11.3 Å². The molecular formula is C20H26N4O. The van der Waals surface area contributed by atoms with Gasteiger partial charge in [0.1, 0.15) is 11.6 Å². The van der Waals surface area contributed by atoms with Crippen LogP contribution in [0, 0.1) is 0 Å². The number of hydrogen-bond donors (Lipinski definition) is 0. The zero-order valence-corrected chi connectivity index (χ0v) is 14.8. The zero-order chi connectivity index (χ0) is 16.8. The van der Waals surface area contributed by atoms with Crippen LogP contribution in [0.15, 0.2) is 30.3 Å². The van der Waals surface area contributed by atoms with Crippen LogP contribution in [0.25, 0.3) is 0 Å². The normalized spacial score (nSPS) is 27.6. The molecule has 1 aliphatic heterocycles. The van der Waals surface area contributed by atoms with Gasteiger partial charge in [-0.2, -0.15) is 0 Å². The number of morpholine rings is 1. The van der Waals surface area contributed by atoms with Gasteiger partial charge in [-0.3, -0.25) is 4.90 Å². The van der Waals surface area contributed by atoms with Gasteiger partial charge < -0.3 is 9.30 Å². The molecule has 0 unspecified atom stereocenters. The van der Waals surface area contributed by atoms with E-state index < -0.39 is 0 Å². The Kier molecular flexibility index (Phi) is 3.86. The predicted octanol–water partition coefficient (Wildman–Crippen LogP) is 3.45. The Morgan fingerprint density at radius 3 is 2.60 bits per heavy atom. The first-order chi connectivity index (χ1) is 12.3. The summed E-state index contributed by atoms with van der Waals surface area (Å²) in [5.41, 5.74) is 1.33. The lowest BCUT2D eigenvalue weighted by molar-refractivity contribution is -0.0609. The third-order valence-corrected chi connectivity index (χ3v) is 5.65. The maximum Gasteiger partial charge on any atom is 0.147 e. The third-order valence-electron chi connectivity index (χ3n) is 5.65. The van der Waals surface area contributed by atoms with E-state index in [9.17, 15) is 0 Å². The summed E-state index contributed by atoms with van der Waals surface area (Å²) in [4.78, 5) is 2.53. The number of ether oxygens (including phenoxy) is 1. The summed E-state index contributed by atoms with van der Waals surface area (Å²) in [5.74, 6) is 3.06. The average molecular weight is 338 g/mol. The molecule has 1 aromatic heterocycles. The molecule has 2 aromatic rings. The van der Waals surface area contributed by atoms with Gasteiger partial charge in [-0.15, -0.1) is 10.2 Å². The molecule has 2 heterocycles. The molecule has 0 N–H and O–H groups in total. The van der Waals surface area contributed by atoms with E-state index >= 15 is 0 Å². The molecule has 3 aliphatic rings. The summed E-state index contributed by atoms with van der Waals surface area (Å²) >= 11 is 0. The van der Waals surface area contributed by atoms with Crippen molar-refractivity contribution in [3.8, 4) is 0 Å². The van der Waals surface area contributed by atoms with Crippen molar-refractivity contribution in [1.82, 2.24) is 19.7 Å². The van der Waals surface area contributed by atoms with Crippen molar-refractivity contribution in [3.05, 3.63) is 47.5 Å². The Morgan fingerprint density at radius 1 is 1.08 bits per heavy atom. The molecular weight excluding hydrogens is 312 g/mol. The minimum Gasteiger partial charge on any atom is -0.375 e. The maximum absolute atomic E-state index is 5.97. The Labute approximate surface area is 149 Å². The number of hydrogen-bond acceptors (Lipinski definition) is 4. The van der Waals surface area contributed by atoms with Crippen molar-refractivity contribution in [2.75, 3.05) is 13.2 Å².